The topological polar surface area (TPSA) is 59.4 Å². The number of carbonyl (C=O) groups excluding carboxylic acids is 1. The van der Waals surface area contributed by atoms with Gasteiger partial charge in [-0.3, -0.25) is 9.48 Å². The van der Waals surface area contributed by atoms with Crippen LogP contribution in [0.5, 0.6) is 0 Å². The Morgan fingerprint density at radius 3 is 2.36 bits per heavy atom. The Balaban J connectivity index is 1.38. The number of aryl methyl sites for hydroxylation is 1. The van der Waals surface area contributed by atoms with Crippen LogP contribution in [0.2, 0.25) is 0 Å². The minimum absolute atomic E-state index is 0.0456. The van der Waals surface area contributed by atoms with Crippen LogP contribution in [0.3, 0.4) is 0 Å². The van der Waals surface area contributed by atoms with Gasteiger partial charge < -0.3 is 15.0 Å². The molecule has 4 bridgehead atoms. The molecule has 1 aromatic rings. The molecule has 5 fully saturated rings. The summed E-state index contributed by atoms with van der Waals surface area (Å²) in [5.41, 5.74) is 0.768. The lowest BCUT2D eigenvalue weighted by Crippen LogP contribution is -2.59. The van der Waals surface area contributed by atoms with Gasteiger partial charge in [0.2, 0.25) is 0 Å². The summed E-state index contributed by atoms with van der Waals surface area (Å²) in [4.78, 5) is 15.4. The van der Waals surface area contributed by atoms with Gasteiger partial charge in [-0.05, 0) is 56.3 Å². The van der Waals surface area contributed by atoms with Gasteiger partial charge in [0.25, 0.3) is 5.91 Å². The number of ether oxygens (including phenoxy) is 1. The van der Waals surface area contributed by atoms with Crippen LogP contribution in [0.4, 0.5) is 5.82 Å². The highest BCUT2D eigenvalue weighted by Crippen LogP contribution is 2.55. The maximum atomic E-state index is 13.2. The van der Waals surface area contributed by atoms with E-state index in [0.29, 0.717) is 13.2 Å². The fourth-order valence-electron chi connectivity index (χ4n) is 6.31. The van der Waals surface area contributed by atoms with E-state index in [4.69, 9.17) is 4.74 Å². The molecule has 5 aliphatic rings. The van der Waals surface area contributed by atoms with Gasteiger partial charge in [0.1, 0.15) is 11.4 Å². The first kappa shape index (κ1) is 15.7. The van der Waals surface area contributed by atoms with Crippen LogP contribution in [0, 0.1) is 17.8 Å². The van der Waals surface area contributed by atoms with Gasteiger partial charge in [-0.15, -0.1) is 0 Å². The van der Waals surface area contributed by atoms with Gasteiger partial charge in [-0.1, -0.05) is 0 Å². The lowest BCUT2D eigenvalue weighted by atomic mass is 9.53. The fourth-order valence-corrected chi connectivity index (χ4v) is 6.31. The van der Waals surface area contributed by atoms with Gasteiger partial charge in [0.15, 0.2) is 0 Å². The zero-order valence-corrected chi connectivity index (χ0v) is 15.0. The zero-order valence-electron chi connectivity index (χ0n) is 15.0. The number of rotatable bonds is 3. The molecule has 136 valence electrons. The van der Waals surface area contributed by atoms with Crippen molar-refractivity contribution in [1.82, 2.24) is 15.1 Å². The van der Waals surface area contributed by atoms with E-state index in [1.807, 2.05) is 11.7 Å². The van der Waals surface area contributed by atoms with Gasteiger partial charge in [-0.25, -0.2) is 0 Å². The van der Waals surface area contributed by atoms with Crippen LogP contribution in [-0.4, -0.2) is 47.5 Å². The third-order valence-electron chi connectivity index (χ3n) is 6.88. The van der Waals surface area contributed by atoms with Gasteiger partial charge in [0.05, 0.1) is 19.4 Å². The molecule has 0 unspecified atom stereocenters. The van der Waals surface area contributed by atoms with Crippen LogP contribution in [0.1, 0.15) is 48.9 Å². The fraction of sp³-hybridized carbons (Fsp3) is 0.789. The molecule has 6 rings (SSSR count). The van der Waals surface area contributed by atoms with Crippen LogP contribution in [-0.2, 0) is 11.8 Å². The summed E-state index contributed by atoms with van der Waals surface area (Å²) in [5, 5.41) is 7.86. The molecule has 4 aliphatic carbocycles. The molecule has 6 heteroatoms. The van der Waals surface area contributed by atoms with E-state index in [1.165, 1.54) is 38.5 Å². The highest BCUT2D eigenvalue weighted by atomic mass is 16.5. The van der Waals surface area contributed by atoms with Crippen molar-refractivity contribution in [1.29, 1.82) is 0 Å². The lowest BCUT2D eigenvalue weighted by Gasteiger charge is -2.56. The second-order valence-corrected chi connectivity index (χ2v) is 8.76. The monoisotopic (exact) mass is 344 g/mol. The molecule has 25 heavy (non-hydrogen) atoms. The summed E-state index contributed by atoms with van der Waals surface area (Å²) in [6, 6.07) is 0. The molecule has 1 saturated heterocycles. The van der Waals surface area contributed by atoms with Crippen molar-refractivity contribution >= 4 is 11.7 Å². The van der Waals surface area contributed by atoms with Crippen LogP contribution in [0.25, 0.3) is 0 Å². The van der Waals surface area contributed by atoms with E-state index in [1.54, 1.807) is 6.20 Å². The molecule has 0 spiro atoms. The van der Waals surface area contributed by atoms with Crippen LogP contribution in [0.15, 0.2) is 6.20 Å². The lowest BCUT2D eigenvalue weighted by molar-refractivity contribution is -0.0166. The summed E-state index contributed by atoms with van der Waals surface area (Å²) in [7, 11) is 1.92. The number of hydrogen-bond donors (Lipinski definition) is 1. The van der Waals surface area contributed by atoms with Gasteiger partial charge >= 0.3 is 0 Å². The number of carbonyl (C=O) groups is 1. The Morgan fingerprint density at radius 2 is 1.76 bits per heavy atom. The molecule has 1 aromatic heterocycles. The first-order valence-corrected chi connectivity index (χ1v) is 9.79. The molecular weight excluding hydrogens is 316 g/mol. The van der Waals surface area contributed by atoms with Crippen molar-refractivity contribution in [2.75, 3.05) is 31.2 Å². The van der Waals surface area contributed by atoms with E-state index in [2.05, 4.69) is 15.3 Å². The van der Waals surface area contributed by atoms with E-state index < -0.39 is 0 Å². The second-order valence-electron chi connectivity index (χ2n) is 8.76. The van der Waals surface area contributed by atoms with Crippen molar-refractivity contribution in [2.45, 2.75) is 44.1 Å². The van der Waals surface area contributed by atoms with Crippen LogP contribution < -0.4 is 10.2 Å². The van der Waals surface area contributed by atoms with Crippen molar-refractivity contribution in [3.05, 3.63) is 11.8 Å². The van der Waals surface area contributed by atoms with Crippen molar-refractivity contribution in [3.63, 3.8) is 0 Å². The Morgan fingerprint density at radius 1 is 1.16 bits per heavy atom. The average Bonchev–Trinajstić information content (AvgIpc) is 2.96. The molecule has 1 N–H and O–H groups in total. The van der Waals surface area contributed by atoms with E-state index in [0.717, 1.165) is 42.2 Å². The van der Waals surface area contributed by atoms with Crippen LogP contribution >= 0.6 is 0 Å². The molecular formula is C19H28N4O2. The van der Waals surface area contributed by atoms with Gasteiger partial charge in [0, 0.05) is 25.7 Å². The van der Waals surface area contributed by atoms with E-state index in [-0.39, 0.29) is 11.4 Å². The number of amides is 1. The second kappa shape index (κ2) is 5.73. The largest absolute Gasteiger partial charge is 0.378 e. The quantitative estimate of drug-likeness (QED) is 0.911. The molecule has 1 aliphatic heterocycles. The number of nitrogens with zero attached hydrogens (tertiary/aromatic N) is 3. The van der Waals surface area contributed by atoms with Crippen molar-refractivity contribution in [2.24, 2.45) is 24.8 Å². The predicted molar refractivity (Wildman–Crippen MR) is 94.6 cm³/mol. The Kier molecular flexibility index (Phi) is 3.59. The summed E-state index contributed by atoms with van der Waals surface area (Å²) in [5.74, 6) is 3.50. The maximum Gasteiger partial charge on any atom is 0.257 e. The molecule has 0 aromatic carbocycles. The van der Waals surface area contributed by atoms with Crippen molar-refractivity contribution < 1.29 is 9.53 Å². The normalized spacial score (nSPS) is 36.7. The first-order chi connectivity index (χ1) is 12.1. The number of nitrogens with one attached hydrogen (secondary N) is 1. The van der Waals surface area contributed by atoms with E-state index >= 15 is 0 Å². The minimum Gasteiger partial charge on any atom is -0.378 e. The third kappa shape index (κ3) is 2.65. The molecule has 6 nitrogen and oxygen atoms in total. The zero-order chi connectivity index (χ0) is 17.0. The molecule has 2 heterocycles. The first-order valence-electron chi connectivity index (χ1n) is 9.79. The number of hydrogen-bond acceptors (Lipinski definition) is 4. The molecule has 1 amide bonds. The Bertz CT molecular complexity index is 642. The number of aromatic nitrogens is 2. The highest BCUT2D eigenvalue weighted by molar-refractivity contribution is 5.99. The van der Waals surface area contributed by atoms with Gasteiger partial charge in [-0.2, -0.15) is 5.10 Å². The Labute approximate surface area is 148 Å². The summed E-state index contributed by atoms with van der Waals surface area (Å²) in [6.45, 7) is 3.05. The predicted octanol–water partition coefficient (Wildman–Crippen LogP) is 1.96. The average molecular weight is 344 g/mol. The summed E-state index contributed by atoms with van der Waals surface area (Å²) >= 11 is 0. The smallest absolute Gasteiger partial charge is 0.257 e. The number of morpholine rings is 1. The Hall–Kier alpha value is -1.56. The third-order valence-corrected chi connectivity index (χ3v) is 6.88. The van der Waals surface area contributed by atoms with E-state index in [9.17, 15) is 4.79 Å². The molecule has 0 atom stereocenters. The summed E-state index contributed by atoms with van der Waals surface area (Å²) in [6.07, 6.45) is 9.44. The SMILES string of the molecule is Cn1ncc(C(=O)NC23CC4CC(CC(C4)C2)C3)c1N1CCOCC1. The molecule has 4 saturated carbocycles. The molecule has 0 radical (unpaired) electrons. The number of anilines is 1. The maximum absolute atomic E-state index is 13.2. The highest BCUT2D eigenvalue weighted by Gasteiger charge is 2.51. The minimum atomic E-state index is 0.0456. The summed E-state index contributed by atoms with van der Waals surface area (Å²) < 4.78 is 7.29. The van der Waals surface area contributed by atoms with Crippen molar-refractivity contribution in [3.8, 4) is 0 Å². The standard InChI is InChI=1S/C19H28N4O2/c1-22-18(23-2-4-25-5-3-23)16(12-20-22)17(24)21-19-9-13-6-14(10-19)8-15(7-13)11-19/h12-15H,2-11H2,1H3,(H,21,24).